The lowest BCUT2D eigenvalue weighted by atomic mass is 9.81. The van der Waals surface area contributed by atoms with E-state index in [-0.39, 0.29) is 37.3 Å². The van der Waals surface area contributed by atoms with Crippen LogP contribution in [0.3, 0.4) is 0 Å². The zero-order valence-electron chi connectivity index (χ0n) is 13.7. The summed E-state index contributed by atoms with van der Waals surface area (Å²) in [6, 6.07) is 5.51. The highest BCUT2D eigenvalue weighted by atomic mass is 16.4. The number of carboxylic acid groups (broad SMARTS) is 1. The van der Waals surface area contributed by atoms with Gasteiger partial charge in [0.05, 0.1) is 11.5 Å². The maximum atomic E-state index is 12.9. The van der Waals surface area contributed by atoms with E-state index in [2.05, 4.69) is 0 Å². The lowest BCUT2D eigenvalue weighted by Gasteiger charge is -2.25. The van der Waals surface area contributed by atoms with Crippen molar-refractivity contribution >= 4 is 23.9 Å². The van der Waals surface area contributed by atoms with E-state index in [9.17, 15) is 14.4 Å². The van der Waals surface area contributed by atoms with Gasteiger partial charge in [0, 0.05) is 23.9 Å². The Morgan fingerprint density at radius 1 is 1.32 bits per heavy atom. The summed E-state index contributed by atoms with van der Waals surface area (Å²) >= 11 is 0. The van der Waals surface area contributed by atoms with Crippen LogP contribution in [0.5, 0.6) is 0 Å². The van der Waals surface area contributed by atoms with Crippen molar-refractivity contribution in [3.8, 4) is 0 Å². The van der Waals surface area contributed by atoms with Gasteiger partial charge in [-0.15, -0.1) is 0 Å². The molecule has 0 saturated heterocycles. The number of aliphatic carboxylic acids is 1. The number of ketones is 1. The summed E-state index contributed by atoms with van der Waals surface area (Å²) in [6.45, 7) is 0. The summed E-state index contributed by atoms with van der Waals surface area (Å²) in [7, 11) is 0. The predicted molar refractivity (Wildman–Crippen MR) is 91.2 cm³/mol. The average molecular weight is 346 g/mol. The number of nitrogen functional groups attached to an aromatic ring is 1. The van der Waals surface area contributed by atoms with Crippen molar-refractivity contribution in [2.75, 3.05) is 0 Å². The van der Waals surface area contributed by atoms with Crippen LogP contribution in [0.15, 0.2) is 24.3 Å². The van der Waals surface area contributed by atoms with Crippen molar-refractivity contribution < 1.29 is 19.5 Å². The highest BCUT2D eigenvalue weighted by Crippen LogP contribution is 2.59. The second kappa shape index (κ2) is 6.73. The number of carbonyl (C=O) groups is 3. The number of nitrogens with two attached hydrogens (primary N) is 3. The third-order valence-electron chi connectivity index (χ3n) is 4.89. The van der Waals surface area contributed by atoms with Gasteiger partial charge in [0.25, 0.3) is 0 Å². The van der Waals surface area contributed by atoms with E-state index >= 15 is 0 Å². The van der Waals surface area contributed by atoms with Gasteiger partial charge >= 0.3 is 5.97 Å². The highest BCUT2D eigenvalue weighted by molar-refractivity contribution is 6.01. The fourth-order valence-corrected chi connectivity index (χ4v) is 3.39. The maximum Gasteiger partial charge on any atom is 0.303 e. The van der Waals surface area contributed by atoms with E-state index < -0.39 is 23.0 Å². The molecule has 25 heavy (non-hydrogen) atoms. The molecule has 0 amide bonds. The van der Waals surface area contributed by atoms with Gasteiger partial charge in [-0.2, -0.15) is 0 Å². The van der Waals surface area contributed by atoms with Crippen molar-refractivity contribution in [2.24, 2.45) is 17.2 Å². The van der Waals surface area contributed by atoms with Gasteiger partial charge in [-0.25, -0.2) is 0 Å². The smallest absolute Gasteiger partial charge is 0.303 e. The summed E-state index contributed by atoms with van der Waals surface area (Å²) in [6.07, 6.45) is 0.669. The molecule has 8 nitrogen and oxygen atoms in total. The largest absolute Gasteiger partial charge is 0.481 e. The number of amidine groups is 1. The monoisotopic (exact) mass is 346 g/mol. The Bertz CT molecular complexity index is 718. The van der Waals surface area contributed by atoms with Crippen LogP contribution < -0.4 is 17.2 Å². The molecule has 3 unspecified atom stereocenters. The van der Waals surface area contributed by atoms with Gasteiger partial charge in [-0.3, -0.25) is 15.0 Å². The van der Waals surface area contributed by atoms with E-state index in [0.717, 1.165) is 0 Å². The van der Waals surface area contributed by atoms with Crippen LogP contribution in [0.1, 0.15) is 36.8 Å². The number of hydrogen-bond acceptors (Lipinski definition) is 6. The van der Waals surface area contributed by atoms with Gasteiger partial charge in [0.15, 0.2) is 5.78 Å². The molecule has 0 aromatic heterocycles. The van der Waals surface area contributed by atoms with Crippen molar-refractivity contribution in [3.63, 3.8) is 0 Å². The van der Waals surface area contributed by atoms with Crippen LogP contribution in [0.4, 0.5) is 0 Å². The van der Waals surface area contributed by atoms with Crippen molar-refractivity contribution in [1.29, 1.82) is 5.41 Å². The van der Waals surface area contributed by atoms with Crippen molar-refractivity contribution in [3.05, 3.63) is 35.4 Å². The molecule has 1 aliphatic carbocycles. The highest BCUT2D eigenvalue weighted by Gasteiger charge is 2.70. The molecule has 0 radical (unpaired) electrons. The third-order valence-corrected chi connectivity index (χ3v) is 4.89. The molecule has 0 spiro atoms. The summed E-state index contributed by atoms with van der Waals surface area (Å²) in [5.41, 5.74) is 16.6. The third kappa shape index (κ3) is 3.31. The molecule has 134 valence electrons. The fourth-order valence-electron chi connectivity index (χ4n) is 3.39. The lowest BCUT2D eigenvalue weighted by Crippen LogP contribution is -2.46. The molecule has 0 bridgehead atoms. The van der Waals surface area contributed by atoms with Gasteiger partial charge in [-0.1, -0.05) is 24.3 Å². The molecule has 0 aliphatic heterocycles. The van der Waals surface area contributed by atoms with Crippen LogP contribution in [-0.2, 0) is 19.8 Å². The molecule has 3 atom stereocenters. The minimum atomic E-state index is -1.12. The van der Waals surface area contributed by atoms with Crippen molar-refractivity contribution in [1.82, 2.24) is 0 Å². The number of aldehydes is 1. The number of Topliss-reactive ketones (excluding diaryl/α,β-unsaturated/α-hetero) is 1. The SMILES string of the molecule is N=C(N)c1ccc(C2(C(=O)C(N)CC=O)CC2(N)CCC(=O)O)cc1. The first-order valence-corrected chi connectivity index (χ1v) is 7.87. The second-order valence-corrected chi connectivity index (χ2v) is 6.50. The van der Waals surface area contributed by atoms with E-state index in [4.69, 9.17) is 27.7 Å². The minimum Gasteiger partial charge on any atom is -0.481 e. The van der Waals surface area contributed by atoms with Crippen LogP contribution in [-0.4, -0.2) is 40.6 Å². The molecule has 1 saturated carbocycles. The molecule has 1 aromatic rings. The van der Waals surface area contributed by atoms with Crippen LogP contribution >= 0.6 is 0 Å². The normalized spacial score (nSPS) is 25.8. The number of nitrogens with one attached hydrogen (secondary N) is 1. The van der Waals surface area contributed by atoms with Gasteiger partial charge < -0.3 is 27.1 Å². The van der Waals surface area contributed by atoms with Crippen LogP contribution in [0.25, 0.3) is 0 Å². The number of carbonyl (C=O) groups excluding carboxylic acids is 2. The minimum absolute atomic E-state index is 0.106. The Balaban J connectivity index is 2.40. The summed E-state index contributed by atoms with van der Waals surface area (Å²) in [5, 5.41) is 16.4. The lowest BCUT2D eigenvalue weighted by molar-refractivity contribution is -0.137. The number of hydrogen-bond donors (Lipinski definition) is 5. The van der Waals surface area contributed by atoms with Crippen LogP contribution in [0, 0.1) is 5.41 Å². The first-order valence-electron chi connectivity index (χ1n) is 7.87. The Kier molecular flexibility index (Phi) is 5.05. The molecule has 2 rings (SSSR count). The Hall–Kier alpha value is -2.58. The predicted octanol–water partition coefficient (Wildman–Crippen LogP) is -0.340. The topological polar surface area (TPSA) is 173 Å². The van der Waals surface area contributed by atoms with Crippen molar-refractivity contribution in [2.45, 2.75) is 42.7 Å². The van der Waals surface area contributed by atoms with E-state index in [0.29, 0.717) is 17.4 Å². The molecule has 0 heterocycles. The number of rotatable bonds is 9. The van der Waals surface area contributed by atoms with Gasteiger partial charge in [0.1, 0.15) is 12.1 Å². The molecule has 8 heteroatoms. The fraction of sp³-hybridized carbons (Fsp3) is 0.412. The molecule has 1 fully saturated rings. The van der Waals surface area contributed by atoms with Gasteiger partial charge in [-0.05, 0) is 18.4 Å². The summed E-state index contributed by atoms with van der Waals surface area (Å²) in [5.74, 6) is -1.48. The number of carboxylic acids is 1. The maximum absolute atomic E-state index is 12.9. The Morgan fingerprint density at radius 3 is 2.40 bits per heavy atom. The Labute approximate surface area is 144 Å². The number of benzene rings is 1. The molecule has 1 aliphatic rings. The standard InChI is InChI=1S/C17H22N4O4/c18-12(6-8-22)14(25)17(9-16(17,21)7-5-13(23)24)11-3-1-10(2-4-11)15(19)20/h1-4,8,12H,5-7,9,18,21H2,(H3,19,20)(H,23,24). The molecule has 8 N–H and O–H groups in total. The molecule has 1 aromatic carbocycles. The van der Waals surface area contributed by atoms with E-state index in [1.807, 2.05) is 0 Å². The van der Waals surface area contributed by atoms with E-state index in [1.165, 1.54) is 0 Å². The van der Waals surface area contributed by atoms with Crippen LogP contribution in [0.2, 0.25) is 0 Å². The second-order valence-electron chi connectivity index (χ2n) is 6.50. The Morgan fingerprint density at radius 2 is 1.92 bits per heavy atom. The molecular weight excluding hydrogens is 324 g/mol. The summed E-state index contributed by atoms with van der Waals surface area (Å²) in [4.78, 5) is 34.5. The summed E-state index contributed by atoms with van der Waals surface area (Å²) < 4.78 is 0. The van der Waals surface area contributed by atoms with Gasteiger partial charge in [0.2, 0.25) is 0 Å². The zero-order valence-corrected chi connectivity index (χ0v) is 13.7. The van der Waals surface area contributed by atoms with E-state index in [1.54, 1.807) is 24.3 Å². The first kappa shape index (κ1) is 18.8. The average Bonchev–Trinajstić information content (AvgIpc) is 3.20. The first-order chi connectivity index (χ1) is 11.7. The molecular formula is C17H22N4O4. The quantitative estimate of drug-likeness (QED) is 0.231. The zero-order chi connectivity index (χ0) is 18.8.